The first-order valence-corrected chi connectivity index (χ1v) is 43.7. The molecule has 16 rings (SSSR count). The first kappa shape index (κ1) is 91.5. The summed E-state index contributed by atoms with van der Waals surface area (Å²) in [7, 11) is 0. The lowest BCUT2D eigenvalue weighted by Gasteiger charge is -2.42. The predicted octanol–water partition coefficient (Wildman–Crippen LogP) is 12.2. The van der Waals surface area contributed by atoms with Gasteiger partial charge in [-0.25, -0.2) is 28.8 Å². The van der Waals surface area contributed by atoms with Crippen molar-refractivity contribution in [2.45, 2.75) is 236 Å². The van der Waals surface area contributed by atoms with E-state index >= 15 is 0 Å². The fourth-order valence-corrected chi connectivity index (χ4v) is 20.5. The van der Waals surface area contributed by atoms with Gasteiger partial charge >= 0.3 is 36.6 Å². The maximum absolute atomic E-state index is 12.5. The zero-order valence-corrected chi connectivity index (χ0v) is 70.9. The van der Waals surface area contributed by atoms with Crippen LogP contribution in [0.2, 0.25) is 0 Å². The van der Waals surface area contributed by atoms with Crippen molar-refractivity contribution in [3.8, 4) is 0 Å². The Morgan fingerprint density at radius 1 is 0.369 bits per heavy atom. The molecule has 6 amide bonds. The highest BCUT2D eigenvalue weighted by molar-refractivity contribution is 5.84. The van der Waals surface area contributed by atoms with Gasteiger partial charge in [0.2, 0.25) is 0 Å². The van der Waals surface area contributed by atoms with Crippen LogP contribution in [0.3, 0.4) is 0 Å². The van der Waals surface area contributed by atoms with Crippen molar-refractivity contribution in [2.75, 3.05) is 65.4 Å². The maximum atomic E-state index is 12.5. The minimum Gasteiger partial charge on any atom is -0.445 e. The summed E-state index contributed by atoms with van der Waals surface area (Å²) in [5.74, 6) is 0.137. The molecule has 0 radical (unpaired) electrons. The average Bonchev–Trinajstić information content (AvgIpc) is 1.61. The Hall–Kier alpha value is -9.71. The molecular formula is C95H128N10O17. The summed E-state index contributed by atoms with van der Waals surface area (Å²) < 4.78 is 32.5. The lowest BCUT2D eigenvalue weighted by atomic mass is 9.73. The van der Waals surface area contributed by atoms with E-state index < -0.39 is 35.6 Å². The van der Waals surface area contributed by atoms with Crippen LogP contribution in [0, 0.1) is 27.1 Å². The maximum Gasteiger partial charge on any atom is 0.410 e. The van der Waals surface area contributed by atoms with Gasteiger partial charge in [0.1, 0.15) is 45.4 Å². The number of nitrogens with two attached hydrogens (primary N) is 2. The van der Waals surface area contributed by atoms with Crippen LogP contribution in [0.15, 0.2) is 182 Å². The second-order valence-electron chi connectivity index (χ2n) is 36.2. The van der Waals surface area contributed by atoms with Crippen LogP contribution in [0.25, 0.3) is 0 Å². The number of carbonyl (C=O) groups excluding carboxylic acids is 7. The van der Waals surface area contributed by atoms with Crippen LogP contribution in [0.5, 0.6) is 0 Å². The highest BCUT2D eigenvalue weighted by Gasteiger charge is 2.56. The van der Waals surface area contributed by atoms with Gasteiger partial charge in [0.05, 0.1) is 23.4 Å². The zero-order chi connectivity index (χ0) is 86.2. The predicted molar refractivity (Wildman–Crippen MR) is 460 cm³/mol. The first-order valence-electron chi connectivity index (χ1n) is 43.7. The standard InChI is InChI=1S/C26H32N2O5.C25H30N2O5.C25H28N2O5.C10H20N2O.C9H18N2O/c1-25(31)16-22(27-23(29)32-17-20-8-4-2-5-9-20)26(19-25)12-14-28(15-13-26)24(30)33-18-21-10-6-3-7-11-21;2*28-21-15-22(26-23(29)31-17-19-7-3-1-4-8-19)25(16-21)11-13-27(14-12-25)24(30)32-18-20-9-5-2-6-10-20;1-9(13)6-8(11)10(7-9)2-4-12-5-3-10;10-8-5-7(12)6-9(8)1-3-11-4-2-9/h2-11,22,31H,12-19H2,1H3,(H,27,29);1-10,21-22,28H,11-18H2,(H,26,29);1-10,22H,11-18H2,(H,26,29);8,12-13H,2-7,11H2,1H3;7-8,11-12H,1-6,10H2/t22-,25?;21-,22+;22-;8-,9?;7-,8+/m10110/s1. The lowest BCUT2D eigenvalue weighted by Crippen LogP contribution is -2.51. The van der Waals surface area contributed by atoms with Crippen LogP contribution in [-0.4, -0.2) is 197 Å². The number of ketones is 1. The highest BCUT2D eigenvalue weighted by atomic mass is 16.6. The van der Waals surface area contributed by atoms with E-state index in [-0.39, 0.29) is 127 Å². The number of piperidine rings is 5. The van der Waals surface area contributed by atoms with Crippen LogP contribution < -0.4 is 38.1 Å². The third-order valence-electron chi connectivity index (χ3n) is 27.2. The van der Waals surface area contributed by atoms with Crippen molar-refractivity contribution in [2.24, 2.45) is 38.5 Å². The molecular weight excluding hydrogens is 1550 g/mol. The molecule has 6 aromatic rings. The minimum absolute atomic E-state index is 0.137. The van der Waals surface area contributed by atoms with Gasteiger partial charge in [-0.15, -0.1) is 0 Å². The molecule has 660 valence electrons. The molecule has 27 heteroatoms. The molecule has 5 heterocycles. The Morgan fingerprint density at radius 2 is 0.672 bits per heavy atom. The van der Waals surface area contributed by atoms with Crippen molar-refractivity contribution in [1.82, 2.24) is 41.3 Å². The lowest BCUT2D eigenvalue weighted by molar-refractivity contribution is -0.118. The van der Waals surface area contributed by atoms with E-state index in [0.29, 0.717) is 116 Å². The first-order chi connectivity index (χ1) is 58.7. The Balaban J connectivity index is 0.000000146. The number of nitrogens with one attached hydrogen (secondary N) is 5. The van der Waals surface area contributed by atoms with Gasteiger partial charge in [-0.2, -0.15) is 0 Å². The molecule has 2 unspecified atom stereocenters. The Kier molecular flexibility index (Phi) is 31.9. The second-order valence-corrected chi connectivity index (χ2v) is 36.2. The van der Waals surface area contributed by atoms with Gasteiger partial charge in [-0.1, -0.05) is 182 Å². The average molecular weight is 1680 g/mol. The molecule has 0 aromatic heterocycles. The van der Waals surface area contributed by atoms with E-state index in [4.69, 9.17) is 39.9 Å². The smallest absolute Gasteiger partial charge is 0.410 e. The largest absolute Gasteiger partial charge is 0.445 e. The molecule has 5 spiro atoms. The second kappa shape index (κ2) is 42.6. The van der Waals surface area contributed by atoms with Crippen molar-refractivity contribution < 1.29 is 82.4 Å². The number of hydrogen-bond acceptors (Lipinski definition) is 21. The summed E-state index contributed by atoms with van der Waals surface area (Å²) in [6.45, 7) is 12.4. The number of rotatable bonds is 15. The van der Waals surface area contributed by atoms with Crippen LogP contribution in [-0.2, 0) is 72.9 Å². The quantitative estimate of drug-likeness (QED) is 0.0425. The van der Waals surface area contributed by atoms with Crippen molar-refractivity contribution in [3.05, 3.63) is 215 Å². The van der Waals surface area contributed by atoms with Gasteiger partial charge in [0, 0.05) is 87.7 Å². The third-order valence-corrected chi connectivity index (χ3v) is 27.2. The van der Waals surface area contributed by atoms with Crippen molar-refractivity contribution >= 4 is 42.3 Å². The summed E-state index contributed by atoms with van der Waals surface area (Å²) in [5, 5.41) is 56.2. The summed E-state index contributed by atoms with van der Waals surface area (Å²) in [4.78, 5) is 92.1. The van der Waals surface area contributed by atoms with Gasteiger partial charge in [0.25, 0.3) is 0 Å². The number of aliphatic hydroxyl groups excluding tert-OH is 2. The molecule has 9 atom stereocenters. The van der Waals surface area contributed by atoms with E-state index in [9.17, 15) is 54.0 Å². The topological polar surface area (TPSA) is 378 Å². The molecule has 10 fully saturated rings. The molecule has 5 aliphatic heterocycles. The fourth-order valence-electron chi connectivity index (χ4n) is 20.5. The summed E-state index contributed by atoms with van der Waals surface area (Å²) in [5.41, 5.74) is 16.0. The number of nitrogens with zero attached hydrogens (tertiary/aromatic N) is 3. The highest BCUT2D eigenvalue weighted by Crippen LogP contribution is 2.53. The van der Waals surface area contributed by atoms with E-state index in [2.05, 4.69) is 26.6 Å². The third kappa shape index (κ3) is 25.5. The van der Waals surface area contributed by atoms with Gasteiger partial charge in [-0.05, 0) is 211 Å². The summed E-state index contributed by atoms with van der Waals surface area (Å²) in [6.07, 6.45) is 11.8. The van der Waals surface area contributed by atoms with Gasteiger partial charge in [-0.3, -0.25) is 4.79 Å². The Morgan fingerprint density at radius 3 is 1.02 bits per heavy atom. The van der Waals surface area contributed by atoms with Gasteiger partial charge in [0.15, 0.2) is 0 Å². The number of hydrogen-bond donors (Lipinski definition) is 11. The zero-order valence-electron chi connectivity index (χ0n) is 70.9. The number of amides is 6. The normalized spacial score (nSPS) is 26.0. The number of carbonyl (C=O) groups is 7. The number of Topliss-reactive ketones (excluding diaryl/α,β-unsaturated/α-hetero) is 1. The van der Waals surface area contributed by atoms with Crippen molar-refractivity contribution in [1.29, 1.82) is 0 Å². The summed E-state index contributed by atoms with van der Waals surface area (Å²) in [6, 6.07) is 57.0. The van der Waals surface area contributed by atoms with E-state index in [0.717, 1.165) is 111 Å². The molecule has 5 aliphatic carbocycles. The van der Waals surface area contributed by atoms with Crippen LogP contribution in [0.4, 0.5) is 28.8 Å². The van der Waals surface area contributed by atoms with Crippen LogP contribution in [0.1, 0.15) is 176 Å². The SMILES string of the molecule is CC1(O)C[C@@H](N)C2(CCNCC2)C1.CC1(O)C[C@@H](NC(=O)OCc2ccccc2)C2(CCN(C(=O)OCc3ccccc3)CC2)C1.N[C@@H]1C[C@H](O)CC12CCNCC2.O=C(N[C@@H]1C[C@H](O)CC12CCN(C(=O)OCc1ccccc1)CC2)OCc1ccccc1.O=C1C[C@@H](NC(=O)OCc2ccccc2)C2(CCN(C(=O)OCc3ccccc3)CC2)C1. The van der Waals surface area contributed by atoms with E-state index in [1.807, 2.05) is 196 Å². The molecule has 27 nitrogen and oxygen atoms in total. The molecule has 6 aromatic carbocycles. The van der Waals surface area contributed by atoms with Crippen molar-refractivity contribution in [3.63, 3.8) is 0 Å². The van der Waals surface area contributed by atoms with Crippen LogP contribution >= 0.6 is 0 Å². The number of likely N-dealkylation sites (tertiary alicyclic amines) is 3. The number of alkyl carbamates (subject to hydrolysis) is 3. The summed E-state index contributed by atoms with van der Waals surface area (Å²) >= 11 is 0. The fraction of sp³-hybridized carbons (Fsp3) is 0.547. The number of aliphatic hydroxyl groups is 4. The molecule has 5 saturated carbocycles. The molecule has 10 aliphatic rings. The Bertz CT molecular complexity index is 4290. The molecule has 0 bridgehead atoms. The van der Waals surface area contributed by atoms with Gasteiger partial charge < -0.3 is 102 Å². The van der Waals surface area contributed by atoms with E-state index in [1.54, 1.807) is 14.7 Å². The van der Waals surface area contributed by atoms with E-state index in [1.165, 1.54) is 0 Å². The monoisotopic (exact) mass is 1680 g/mol. The molecule has 5 saturated heterocycles. The number of ether oxygens (including phenoxy) is 6. The molecule has 13 N–H and O–H groups in total. The molecule has 122 heavy (non-hydrogen) atoms. The Labute approximate surface area is 717 Å². The minimum atomic E-state index is -0.868. The number of benzene rings is 6.